The Hall–Kier alpha value is -2.04. The number of urea groups is 1. The number of aryl methyl sites for hydroxylation is 1. The summed E-state index contributed by atoms with van der Waals surface area (Å²) >= 11 is 0. The molecule has 0 bridgehead atoms. The van der Waals surface area contributed by atoms with Crippen LogP contribution >= 0.6 is 0 Å². The van der Waals surface area contributed by atoms with Crippen LogP contribution in [0.2, 0.25) is 0 Å². The van der Waals surface area contributed by atoms with Gasteiger partial charge in [0.05, 0.1) is 6.42 Å². The number of carboxylic acid groups (broad SMARTS) is 1. The number of nitrogens with one attached hydrogen (secondary N) is 1. The van der Waals surface area contributed by atoms with Crippen molar-refractivity contribution in [3.63, 3.8) is 0 Å². The van der Waals surface area contributed by atoms with Crippen LogP contribution in [0.1, 0.15) is 31.7 Å². The molecule has 2 amide bonds. The average molecular weight is 290 g/mol. The van der Waals surface area contributed by atoms with Gasteiger partial charge >= 0.3 is 12.0 Å². The number of nitrogens with zero attached hydrogens (tertiary/aromatic N) is 1. The van der Waals surface area contributed by atoms with Crippen molar-refractivity contribution in [2.24, 2.45) is 5.92 Å². The first kappa shape index (κ1) is 15.4. The van der Waals surface area contributed by atoms with Gasteiger partial charge in [-0.3, -0.25) is 9.69 Å². The molecule has 1 fully saturated rings. The quantitative estimate of drug-likeness (QED) is 0.876. The van der Waals surface area contributed by atoms with Crippen LogP contribution in [0.4, 0.5) is 10.5 Å². The summed E-state index contributed by atoms with van der Waals surface area (Å²) in [7, 11) is 0. The molecule has 1 saturated carbocycles. The molecule has 2 rings (SSSR count). The fourth-order valence-electron chi connectivity index (χ4n) is 2.55. The van der Waals surface area contributed by atoms with Crippen LogP contribution in [0, 0.1) is 12.8 Å². The number of hydrogen-bond acceptors (Lipinski definition) is 2. The minimum absolute atomic E-state index is 0.0671. The second-order valence-electron chi connectivity index (χ2n) is 5.85. The molecular formula is C16H22N2O3. The van der Waals surface area contributed by atoms with Gasteiger partial charge < -0.3 is 10.4 Å². The van der Waals surface area contributed by atoms with Crippen LogP contribution in [-0.4, -0.2) is 29.7 Å². The van der Waals surface area contributed by atoms with Gasteiger partial charge in [-0.1, -0.05) is 24.6 Å². The zero-order valence-electron chi connectivity index (χ0n) is 12.5. The molecule has 0 heterocycles. The molecule has 21 heavy (non-hydrogen) atoms. The molecule has 0 aliphatic heterocycles. The minimum atomic E-state index is -0.905. The maximum Gasteiger partial charge on any atom is 0.322 e. The number of anilines is 1. The second kappa shape index (κ2) is 6.61. The lowest BCUT2D eigenvalue weighted by atomic mass is 9.82. The van der Waals surface area contributed by atoms with Gasteiger partial charge in [-0.25, -0.2) is 4.79 Å². The van der Waals surface area contributed by atoms with Crippen molar-refractivity contribution >= 4 is 17.7 Å². The van der Waals surface area contributed by atoms with Crippen molar-refractivity contribution < 1.29 is 14.7 Å². The van der Waals surface area contributed by atoms with Crippen LogP contribution in [-0.2, 0) is 4.79 Å². The van der Waals surface area contributed by atoms with Crippen molar-refractivity contribution in [2.75, 3.05) is 11.4 Å². The summed E-state index contributed by atoms with van der Waals surface area (Å²) in [5.41, 5.74) is 1.83. The van der Waals surface area contributed by atoms with Gasteiger partial charge in [-0.2, -0.15) is 0 Å². The number of carbonyl (C=O) groups excluding carboxylic acids is 1. The monoisotopic (exact) mass is 290 g/mol. The highest BCUT2D eigenvalue weighted by atomic mass is 16.4. The lowest BCUT2D eigenvalue weighted by Gasteiger charge is -2.35. The molecule has 1 aromatic carbocycles. The standard InChI is InChI=1S/C16H22N2O3/c1-11-3-5-14(6-4-11)18(8-7-15(19)20)16(21)17-13-9-12(2)10-13/h3-6,12-13H,7-10H2,1-2H3,(H,17,21)(H,19,20). The normalized spacial score (nSPS) is 20.5. The summed E-state index contributed by atoms with van der Waals surface area (Å²) in [6.45, 7) is 4.30. The molecular weight excluding hydrogens is 268 g/mol. The fourth-order valence-corrected chi connectivity index (χ4v) is 2.55. The Morgan fingerprint density at radius 1 is 1.29 bits per heavy atom. The van der Waals surface area contributed by atoms with Gasteiger partial charge in [0.25, 0.3) is 0 Å². The number of aliphatic carboxylic acids is 1. The Morgan fingerprint density at radius 2 is 1.90 bits per heavy atom. The van der Waals surface area contributed by atoms with E-state index in [2.05, 4.69) is 12.2 Å². The largest absolute Gasteiger partial charge is 0.481 e. The summed E-state index contributed by atoms with van der Waals surface area (Å²) in [5, 5.41) is 11.8. The summed E-state index contributed by atoms with van der Waals surface area (Å²) in [5.74, 6) is -0.251. The van der Waals surface area contributed by atoms with E-state index in [1.165, 1.54) is 4.90 Å². The number of rotatable bonds is 5. The molecule has 1 aromatic rings. The number of amides is 2. The van der Waals surface area contributed by atoms with E-state index in [0.717, 1.165) is 24.1 Å². The minimum Gasteiger partial charge on any atom is -0.481 e. The van der Waals surface area contributed by atoms with E-state index in [4.69, 9.17) is 5.11 Å². The zero-order chi connectivity index (χ0) is 15.4. The van der Waals surface area contributed by atoms with Gasteiger partial charge in [0.2, 0.25) is 0 Å². The predicted octanol–water partition coefficient (Wildman–Crippen LogP) is 2.78. The van der Waals surface area contributed by atoms with Gasteiger partial charge in [-0.05, 0) is 37.8 Å². The third-order valence-electron chi connectivity index (χ3n) is 3.84. The molecule has 0 aromatic heterocycles. The molecule has 1 aliphatic carbocycles. The molecule has 0 unspecified atom stereocenters. The summed E-state index contributed by atoms with van der Waals surface area (Å²) in [6.07, 6.45) is 1.92. The molecule has 114 valence electrons. The lowest BCUT2D eigenvalue weighted by Crippen LogP contribution is -2.50. The van der Waals surface area contributed by atoms with Gasteiger partial charge in [0, 0.05) is 18.3 Å². The number of carboxylic acids is 1. The van der Waals surface area contributed by atoms with Gasteiger partial charge in [0.15, 0.2) is 0 Å². The summed E-state index contributed by atoms with van der Waals surface area (Å²) in [4.78, 5) is 24.7. The van der Waals surface area contributed by atoms with Crippen molar-refractivity contribution in [1.82, 2.24) is 5.32 Å². The van der Waals surface area contributed by atoms with Crippen molar-refractivity contribution in [3.8, 4) is 0 Å². The average Bonchev–Trinajstić information content (AvgIpc) is 2.39. The van der Waals surface area contributed by atoms with E-state index in [-0.39, 0.29) is 25.0 Å². The van der Waals surface area contributed by atoms with E-state index < -0.39 is 5.97 Å². The second-order valence-corrected chi connectivity index (χ2v) is 5.85. The third-order valence-corrected chi connectivity index (χ3v) is 3.84. The van der Waals surface area contributed by atoms with Crippen molar-refractivity contribution in [3.05, 3.63) is 29.8 Å². The van der Waals surface area contributed by atoms with E-state index in [0.29, 0.717) is 5.92 Å². The van der Waals surface area contributed by atoms with Crippen LogP contribution in [0.3, 0.4) is 0 Å². The zero-order valence-corrected chi connectivity index (χ0v) is 12.5. The fraction of sp³-hybridized carbons (Fsp3) is 0.500. The van der Waals surface area contributed by atoms with Gasteiger partial charge in [0.1, 0.15) is 0 Å². The first-order valence-electron chi connectivity index (χ1n) is 7.32. The van der Waals surface area contributed by atoms with Crippen LogP contribution in [0.25, 0.3) is 0 Å². The molecule has 0 radical (unpaired) electrons. The number of benzene rings is 1. The first-order valence-corrected chi connectivity index (χ1v) is 7.32. The van der Waals surface area contributed by atoms with E-state index >= 15 is 0 Å². The summed E-state index contributed by atoms with van der Waals surface area (Å²) in [6, 6.07) is 7.53. The first-order chi connectivity index (χ1) is 9.95. The predicted molar refractivity (Wildman–Crippen MR) is 81.5 cm³/mol. The van der Waals surface area contributed by atoms with Crippen LogP contribution in [0.5, 0.6) is 0 Å². The lowest BCUT2D eigenvalue weighted by molar-refractivity contribution is -0.136. The molecule has 5 heteroatoms. The Labute approximate surface area is 125 Å². The molecule has 0 spiro atoms. The topological polar surface area (TPSA) is 69.6 Å². The number of carbonyl (C=O) groups is 2. The Morgan fingerprint density at radius 3 is 2.43 bits per heavy atom. The maximum absolute atomic E-state index is 12.4. The third kappa shape index (κ3) is 4.21. The van der Waals surface area contributed by atoms with E-state index in [1.54, 1.807) is 0 Å². The Balaban J connectivity index is 2.05. The SMILES string of the molecule is Cc1ccc(N(CCC(=O)O)C(=O)NC2CC(C)C2)cc1. The molecule has 0 saturated heterocycles. The summed E-state index contributed by atoms with van der Waals surface area (Å²) < 4.78 is 0. The van der Waals surface area contributed by atoms with E-state index in [9.17, 15) is 9.59 Å². The van der Waals surface area contributed by atoms with Gasteiger partial charge in [-0.15, -0.1) is 0 Å². The highest BCUT2D eigenvalue weighted by molar-refractivity contribution is 5.92. The van der Waals surface area contributed by atoms with Crippen LogP contribution in [0.15, 0.2) is 24.3 Å². The van der Waals surface area contributed by atoms with Crippen molar-refractivity contribution in [1.29, 1.82) is 0 Å². The molecule has 0 atom stereocenters. The Bertz CT molecular complexity index is 507. The Kier molecular flexibility index (Phi) is 4.83. The highest BCUT2D eigenvalue weighted by Gasteiger charge is 2.28. The smallest absolute Gasteiger partial charge is 0.322 e. The molecule has 2 N–H and O–H groups in total. The van der Waals surface area contributed by atoms with Crippen LogP contribution < -0.4 is 10.2 Å². The maximum atomic E-state index is 12.4. The molecule has 5 nitrogen and oxygen atoms in total. The molecule has 1 aliphatic rings. The van der Waals surface area contributed by atoms with E-state index in [1.807, 2.05) is 31.2 Å². The highest BCUT2D eigenvalue weighted by Crippen LogP contribution is 2.26. The van der Waals surface area contributed by atoms with Crippen molar-refractivity contribution in [2.45, 2.75) is 39.2 Å². The number of hydrogen-bond donors (Lipinski definition) is 2.